The number of carbonyl (C=O) groups excluding carboxylic acids is 1. The predicted octanol–water partition coefficient (Wildman–Crippen LogP) is 3.85. The van der Waals surface area contributed by atoms with Gasteiger partial charge in [-0.3, -0.25) is 0 Å². The number of hydrogen-bond donors (Lipinski definition) is 0. The minimum atomic E-state index is -0.295. The van der Waals surface area contributed by atoms with E-state index in [-0.39, 0.29) is 5.97 Å². The van der Waals surface area contributed by atoms with Gasteiger partial charge in [0.25, 0.3) is 0 Å². The molecule has 0 fully saturated rings. The smallest absolute Gasteiger partial charge is 0.330 e. The van der Waals surface area contributed by atoms with Crippen LogP contribution in [0.15, 0.2) is 30.3 Å². The number of ether oxygens (including phenoxy) is 1. The molecule has 0 aliphatic rings. The zero-order chi connectivity index (χ0) is 13.5. The van der Waals surface area contributed by atoms with Crippen molar-refractivity contribution in [3.8, 4) is 0 Å². The van der Waals surface area contributed by atoms with Crippen LogP contribution in [0.2, 0.25) is 0 Å². The van der Waals surface area contributed by atoms with Crippen LogP contribution in [0.3, 0.4) is 0 Å². The van der Waals surface area contributed by atoms with Gasteiger partial charge in [-0.1, -0.05) is 51.5 Å². The molecule has 0 aliphatic heterocycles. The second kappa shape index (κ2) is 7.00. The summed E-state index contributed by atoms with van der Waals surface area (Å²) in [7, 11) is 1.40. The van der Waals surface area contributed by atoms with E-state index in [0.717, 1.165) is 24.0 Å². The van der Waals surface area contributed by atoms with Crippen molar-refractivity contribution in [2.75, 3.05) is 7.11 Å². The van der Waals surface area contributed by atoms with E-state index in [1.807, 2.05) is 0 Å². The lowest BCUT2D eigenvalue weighted by Gasteiger charge is -2.12. The Balaban J connectivity index is 3.00. The molecule has 18 heavy (non-hydrogen) atoms. The van der Waals surface area contributed by atoms with Gasteiger partial charge in [-0.15, -0.1) is 0 Å². The Bertz CT molecular complexity index is 413. The fraction of sp³-hybridized carbons (Fsp3) is 0.438. The molecule has 0 atom stereocenters. The summed E-state index contributed by atoms with van der Waals surface area (Å²) in [6, 6.07) is 8.43. The van der Waals surface area contributed by atoms with Gasteiger partial charge in [0.1, 0.15) is 0 Å². The molecule has 0 heterocycles. The lowest BCUT2D eigenvalue weighted by Crippen LogP contribution is -2.01. The van der Waals surface area contributed by atoms with Crippen LogP contribution >= 0.6 is 0 Å². The van der Waals surface area contributed by atoms with Crippen molar-refractivity contribution >= 4 is 11.5 Å². The summed E-state index contributed by atoms with van der Waals surface area (Å²) in [4.78, 5) is 11.4. The Kier molecular flexibility index (Phi) is 5.63. The lowest BCUT2D eigenvalue weighted by molar-refractivity contribution is -0.134. The van der Waals surface area contributed by atoms with Gasteiger partial charge in [-0.05, 0) is 29.0 Å². The standard InChI is InChI=1S/C16H22O2/c1-5-6-13-7-9-14(10-8-13)15(12(2)3)11-16(17)18-4/h7-12H,5-6H2,1-4H3. The van der Waals surface area contributed by atoms with Crippen LogP contribution in [0.1, 0.15) is 38.3 Å². The Morgan fingerprint density at radius 1 is 1.28 bits per heavy atom. The second-order valence-corrected chi connectivity index (χ2v) is 4.72. The predicted molar refractivity (Wildman–Crippen MR) is 75.3 cm³/mol. The molecule has 0 amide bonds. The first-order chi connectivity index (χ1) is 8.58. The molecule has 0 saturated carbocycles. The highest BCUT2D eigenvalue weighted by Crippen LogP contribution is 2.23. The number of aryl methyl sites for hydroxylation is 1. The molecule has 0 unspecified atom stereocenters. The molecule has 98 valence electrons. The molecule has 2 heteroatoms. The van der Waals surface area contributed by atoms with E-state index >= 15 is 0 Å². The van der Waals surface area contributed by atoms with Gasteiger partial charge in [-0.25, -0.2) is 4.79 Å². The summed E-state index contributed by atoms with van der Waals surface area (Å²) >= 11 is 0. The molecule has 0 spiro atoms. The van der Waals surface area contributed by atoms with Crippen molar-refractivity contribution < 1.29 is 9.53 Å². The first kappa shape index (κ1) is 14.5. The second-order valence-electron chi connectivity index (χ2n) is 4.72. The van der Waals surface area contributed by atoms with Crippen molar-refractivity contribution in [1.82, 2.24) is 0 Å². The zero-order valence-corrected chi connectivity index (χ0v) is 11.7. The van der Waals surface area contributed by atoms with Crippen molar-refractivity contribution in [2.45, 2.75) is 33.6 Å². The summed E-state index contributed by atoms with van der Waals surface area (Å²) in [6.07, 6.45) is 3.83. The average molecular weight is 246 g/mol. The summed E-state index contributed by atoms with van der Waals surface area (Å²) in [5.74, 6) is -0.00235. The minimum Gasteiger partial charge on any atom is -0.466 e. The first-order valence-electron chi connectivity index (χ1n) is 6.47. The third-order valence-corrected chi connectivity index (χ3v) is 2.92. The van der Waals surface area contributed by atoms with Crippen LogP contribution in [-0.2, 0) is 16.0 Å². The van der Waals surface area contributed by atoms with Crippen molar-refractivity contribution in [3.05, 3.63) is 41.5 Å². The summed E-state index contributed by atoms with van der Waals surface area (Å²) in [5.41, 5.74) is 3.45. The largest absolute Gasteiger partial charge is 0.466 e. The van der Waals surface area contributed by atoms with Crippen molar-refractivity contribution in [3.63, 3.8) is 0 Å². The summed E-state index contributed by atoms with van der Waals surface area (Å²) in [5, 5.41) is 0. The quantitative estimate of drug-likeness (QED) is 0.582. The number of esters is 1. The molecule has 1 aromatic rings. The fourth-order valence-corrected chi connectivity index (χ4v) is 1.92. The first-order valence-corrected chi connectivity index (χ1v) is 6.47. The normalized spacial score (nSPS) is 11.7. The summed E-state index contributed by atoms with van der Waals surface area (Å²) in [6.45, 7) is 6.33. The molecule has 1 rings (SSSR count). The van der Waals surface area contributed by atoms with Crippen molar-refractivity contribution in [2.24, 2.45) is 5.92 Å². The van der Waals surface area contributed by atoms with E-state index in [1.165, 1.54) is 12.7 Å². The van der Waals surface area contributed by atoms with E-state index in [4.69, 9.17) is 4.74 Å². The van der Waals surface area contributed by atoms with Gasteiger partial charge < -0.3 is 4.74 Å². The average Bonchev–Trinajstić information content (AvgIpc) is 2.37. The summed E-state index contributed by atoms with van der Waals surface area (Å²) < 4.78 is 4.70. The van der Waals surface area contributed by atoms with Crippen molar-refractivity contribution in [1.29, 1.82) is 0 Å². The van der Waals surface area contributed by atoms with Crippen LogP contribution in [0, 0.1) is 5.92 Å². The molecule has 0 bridgehead atoms. The van der Waals surface area contributed by atoms with Crippen LogP contribution in [0.4, 0.5) is 0 Å². The number of carbonyl (C=O) groups is 1. The monoisotopic (exact) mass is 246 g/mol. The van der Waals surface area contributed by atoms with E-state index < -0.39 is 0 Å². The molecule has 0 N–H and O–H groups in total. The maximum atomic E-state index is 11.4. The Morgan fingerprint density at radius 3 is 2.33 bits per heavy atom. The van der Waals surface area contributed by atoms with Gasteiger partial charge in [0, 0.05) is 6.08 Å². The molecule has 0 aliphatic carbocycles. The zero-order valence-electron chi connectivity index (χ0n) is 11.7. The van der Waals surface area contributed by atoms with Gasteiger partial charge in [0.05, 0.1) is 7.11 Å². The highest BCUT2D eigenvalue weighted by Gasteiger charge is 2.09. The molecular formula is C16H22O2. The molecule has 0 saturated heterocycles. The third-order valence-electron chi connectivity index (χ3n) is 2.92. The Hall–Kier alpha value is -1.57. The third kappa shape index (κ3) is 4.02. The van der Waals surface area contributed by atoms with E-state index in [0.29, 0.717) is 5.92 Å². The number of benzene rings is 1. The molecule has 0 aromatic heterocycles. The topological polar surface area (TPSA) is 26.3 Å². The number of allylic oxidation sites excluding steroid dienone is 1. The molecular weight excluding hydrogens is 224 g/mol. The Labute approximate surface area is 110 Å². The number of hydrogen-bond acceptors (Lipinski definition) is 2. The maximum absolute atomic E-state index is 11.4. The molecule has 1 aromatic carbocycles. The van der Waals surface area contributed by atoms with E-state index in [1.54, 1.807) is 6.08 Å². The van der Waals surface area contributed by atoms with Gasteiger partial charge in [-0.2, -0.15) is 0 Å². The fourth-order valence-electron chi connectivity index (χ4n) is 1.92. The van der Waals surface area contributed by atoms with Crippen LogP contribution in [0.5, 0.6) is 0 Å². The Morgan fingerprint density at radius 2 is 1.89 bits per heavy atom. The lowest BCUT2D eigenvalue weighted by atomic mass is 9.94. The van der Waals surface area contributed by atoms with Gasteiger partial charge in [0.15, 0.2) is 0 Å². The number of methoxy groups -OCH3 is 1. The van der Waals surface area contributed by atoms with Gasteiger partial charge >= 0.3 is 5.97 Å². The van der Waals surface area contributed by atoms with E-state index in [2.05, 4.69) is 45.0 Å². The van der Waals surface area contributed by atoms with E-state index in [9.17, 15) is 4.79 Å². The highest BCUT2D eigenvalue weighted by molar-refractivity contribution is 5.91. The van der Waals surface area contributed by atoms with Crippen LogP contribution in [-0.4, -0.2) is 13.1 Å². The van der Waals surface area contributed by atoms with Gasteiger partial charge in [0.2, 0.25) is 0 Å². The van der Waals surface area contributed by atoms with Crippen LogP contribution in [0.25, 0.3) is 5.57 Å². The minimum absolute atomic E-state index is 0.293. The number of rotatable bonds is 5. The maximum Gasteiger partial charge on any atom is 0.330 e. The molecule has 2 nitrogen and oxygen atoms in total. The SMILES string of the molecule is CCCc1ccc(C(=CC(=O)OC)C(C)C)cc1. The van der Waals surface area contributed by atoms with Crippen LogP contribution < -0.4 is 0 Å². The highest BCUT2D eigenvalue weighted by atomic mass is 16.5. The molecule has 0 radical (unpaired) electrons.